The molecule has 20 heavy (non-hydrogen) atoms. The fourth-order valence-electron chi connectivity index (χ4n) is 2.71. The van der Waals surface area contributed by atoms with Gasteiger partial charge in [-0.25, -0.2) is 0 Å². The maximum atomic E-state index is 5.78. The normalized spacial score (nSPS) is 20.4. The number of nitrogens with one attached hydrogen (secondary N) is 1. The van der Waals surface area contributed by atoms with Gasteiger partial charge in [0.1, 0.15) is 0 Å². The van der Waals surface area contributed by atoms with Crippen molar-refractivity contribution in [1.82, 2.24) is 15.1 Å². The summed E-state index contributed by atoms with van der Waals surface area (Å²) in [5.41, 5.74) is 1.19. The second-order valence-electron chi connectivity index (χ2n) is 5.07. The highest BCUT2D eigenvalue weighted by Crippen LogP contribution is 2.29. The number of ether oxygens (including phenoxy) is 2. The highest BCUT2D eigenvalue weighted by Gasteiger charge is 2.25. The van der Waals surface area contributed by atoms with Gasteiger partial charge in [-0.3, -0.25) is 4.68 Å². The number of halogens is 1. The lowest BCUT2D eigenvalue weighted by Crippen LogP contribution is -2.28. The van der Waals surface area contributed by atoms with Crippen LogP contribution in [0.3, 0.4) is 0 Å². The average Bonchev–Trinajstić information content (AvgIpc) is 3.06. The van der Waals surface area contributed by atoms with E-state index in [-0.39, 0.29) is 6.04 Å². The molecule has 1 aromatic rings. The van der Waals surface area contributed by atoms with Crippen molar-refractivity contribution in [2.75, 3.05) is 26.9 Å². The summed E-state index contributed by atoms with van der Waals surface area (Å²) < 4.78 is 14.0. The lowest BCUT2D eigenvalue weighted by molar-refractivity contribution is 0.0933. The molecule has 5 nitrogen and oxygen atoms in total. The lowest BCUT2D eigenvalue weighted by Gasteiger charge is -2.23. The van der Waals surface area contributed by atoms with E-state index in [2.05, 4.69) is 33.3 Å². The Labute approximate surface area is 129 Å². The zero-order valence-corrected chi connectivity index (χ0v) is 13.9. The molecule has 2 rings (SSSR count). The Hall–Kier alpha value is -0.430. The number of rotatable bonds is 8. The molecule has 1 saturated heterocycles. The van der Waals surface area contributed by atoms with Crippen LogP contribution >= 0.6 is 15.9 Å². The van der Waals surface area contributed by atoms with E-state index in [4.69, 9.17) is 9.47 Å². The Morgan fingerprint density at radius 1 is 1.65 bits per heavy atom. The lowest BCUT2D eigenvalue weighted by atomic mass is 10.0. The highest BCUT2D eigenvalue weighted by atomic mass is 79.9. The van der Waals surface area contributed by atoms with Crippen LogP contribution in [0.1, 0.15) is 37.9 Å². The monoisotopic (exact) mass is 345 g/mol. The van der Waals surface area contributed by atoms with E-state index >= 15 is 0 Å². The van der Waals surface area contributed by atoms with Crippen molar-refractivity contribution in [2.24, 2.45) is 0 Å². The minimum atomic E-state index is 0.261. The zero-order valence-electron chi connectivity index (χ0n) is 12.3. The van der Waals surface area contributed by atoms with Gasteiger partial charge in [-0.15, -0.1) is 0 Å². The van der Waals surface area contributed by atoms with Gasteiger partial charge in [0.25, 0.3) is 0 Å². The van der Waals surface area contributed by atoms with E-state index in [1.165, 1.54) is 12.1 Å². The molecule has 1 aliphatic rings. The van der Waals surface area contributed by atoms with Gasteiger partial charge >= 0.3 is 0 Å². The van der Waals surface area contributed by atoms with Gasteiger partial charge < -0.3 is 14.8 Å². The molecule has 2 heterocycles. The van der Waals surface area contributed by atoms with Crippen LogP contribution in [0.25, 0.3) is 0 Å². The van der Waals surface area contributed by atoms with Gasteiger partial charge in [-0.2, -0.15) is 5.10 Å². The van der Waals surface area contributed by atoms with Gasteiger partial charge in [0.05, 0.1) is 41.7 Å². The van der Waals surface area contributed by atoms with Crippen molar-refractivity contribution in [1.29, 1.82) is 0 Å². The topological polar surface area (TPSA) is 48.3 Å². The van der Waals surface area contributed by atoms with Gasteiger partial charge in [0.2, 0.25) is 0 Å². The van der Waals surface area contributed by atoms with Crippen LogP contribution < -0.4 is 5.32 Å². The molecule has 0 aromatic carbocycles. The predicted molar refractivity (Wildman–Crippen MR) is 81.8 cm³/mol. The minimum absolute atomic E-state index is 0.261. The van der Waals surface area contributed by atoms with Crippen LogP contribution in [-0.4, -0.2) is 42.8 Å². The Morgan fingerprint density at radius 3 is 3.15 bits per heavy atom. The third-order valence-electron chi connectivity index (χ3n) is 3.64. The van der Waals surface area contributed by atoms with E-state index in [1.807, 2.05) is 10.9 Å². The quantitative estimate of drug-likeness (QED) is 0.786. The van der Waals surface area contributed by atoms with E-state index in [0.717, 1.165) is 37.0 Å². The summed E-state index contributed by atoms with van der Waals surface area (Å²) in [6.45, 7) is 5.39. The van der Waals surface area contributed by atoms with Gasteiger partial charge in [-0.05, 0) is 41.7 Å². The van der Waals surface area contributed by atoms with Crippen molar-refractivity contribution in [3.8, 4) is 0 Å². The van der Waals surface area contributed by atoms with Gasteiger partial charge in [0.15, 0.2) is 0 Å². The van der Waals surface area contributed by atoms with Gasteiger partial charge in [0, 0.05) is 13.7 Å². The Morgan fingerprint density at radius 2 is 2.50 bits per heavy atom. The minimum Gasteiger partial charge on any atom is -0.383 e. The Balaban J connectivity index is 2.11. The second-order valence-corrected chi connectivity index (χ2v) is 5.93. The zero-order chi connectivity index (χ0) is 14.4. The fourth-order valence-corrected chi connectivity index (χ4v) is 3.28. The van der Waals surface area contributed by atoms with E-state index in [9.17, 15) is 0 Å². The molecule has 0 bridgehead atoms. The van der Waals surface area contributed by atoms with Crippen molar-refractivity contribution >= 4 is 15.9 Å². The first-order valence-electron chi connectivity index (χ1n) is 7.31. The highest BCUT2D eigenvalue weighted by molar-refractivity contribution is 9.10. The van der Waals surface area contributed by atoms with Gasteiger partial charge in [-0.1, -0.05) is 6.92 Å². The maximum Gasteiger partial charge on any atom is 0.0697 e. The molecular weight excluding hydrogens is 322 g/mol. The van der Waals surface area contributed by atoms with Crippen LogP contribution in [-0.2, 0) is 16.0 Å². The van der Waals surface area contributed by atoms with Crippen LogP contribution in [0, 0.1) is 0 Å². The largest absolute Gasteiger partial charge is 0.383 e. The molecular formula is C14H24BrN3O2. The Bertz CT molecular complexity index is 405. The first-order chi connectivity index (χ1) is 9.76. The summed E-state index contributed by atoms with van der Waals surface area (Å²) in [5.74, 6) is 0. The molecule has 0 spiro atoms. The van der Waals surface area contributed by atoms with Crippen LogP contribution in [0.2, 0.25) is 0 Å². The third-order valence-corrected chi connectivity index (χ3v) is 4.25. The van der Waals surface area contributed by atoms with E-state index in [1.54, 1.807) is 7.11 Å². The molecule has 6 heteroatoms. The summed E-state index contributed by atoms with van der Waals surface area (Å²) in [6, 6.07) is 0.261. The Kier molecular flexibility index (Phi) is 6.48. The smallest absolute Gasteiger partial charge is 0.0697 e. The van der Waals surface area contributed by atoms with E-state index in [0.29, 0.717) is 12.7 Å². The first-order valence-corrected chi connectivity index (χ1v) is 8.10. The fraction of sp³-hybridized carbons (Fsp3) is 0.786. The van der Waals surface area contributed by atoms with Crippen LogP contribution in [0.15, 0.2) is 10.7 Å². The SMILES string of the molecule is CCNC(CC1CCCO1)c1c(Br)cnn1CCOC. The molecule has 1 aliphatic heterocycles. The predicted octanol–water partition coefficient (Wildman–Crippen LogP) is 2.51. The summed E-state index contributed by atoms with van der Waals surface area (Å²) in [4.78, 5) is 0. The standard InChI is InChI=1S/C14H24BrN3O2/c1-3-16-13(9-11-5-4-7-20-11)14-12(15)10-17-18(14)6-8-19-2/h10-11,13,16H,3-9H2,1-2H3. The second kappa shape index (κ2) is 8.12. The molecule has 2 atom stereocenters. The third kappa shape index (κ3) is 4.04. The molecule has 2 unspecified atom stereocenters. The molecule has 1 aromatic heterocycles. The van der Waals surface area contributed by atoms with Crippen LogP contribution in [0.5, 0.6) is 0 Å². The van der Waals surface area contributed by atoms with Crippen molar-refractivity contribution in [3.05, 3.63) is 16.4 Å². The molecule has 0 radical (unpaired) electrons. The molecule has 0 saturated carbocycles. The number of hydrogen-bond donors (Lipinski definition) is 1. The number of nitrogens with zero attached hydrogens (tertiary/aromatic N) is 2. The summed E-state index contributed by atoms with van der Waals surface area (Å²) >= 11 is 3.62. The van der Waals surface area contributed by atoms with Crippen molar-refractivity contribution < 1.29 is 9.47 Å². The van der Waals surface area contributed by atoms with Crippen molar-refractivity contribution in [3.63, 3.8) is 0 Å². The number of hydrogen-bond acceptors (Lipinski definition) is 4. The number of aromatic nitrogens is 2. The summed E-state index contributed by atoms with van der Waals surface area (Å²) in [7, 11) is 1.71. The summed E-state index contributed by atoms with van der Waals surface area (Å²) in [5, 5.41) is 8.00. The molecule has 0 amide bonds. The molecule has 1 fully saturated rings. The molecule has 0 aliphatic carbocycles. The molecule has 1 N–H and O–H groups in total. The summed E-state index contributed by atoms with van der Waals surface area (Å²) in [6.07, 6.45) is 5.55. The molecule has 114 valence electrons. The average molecular weight is 346 g/mol. The maximum absolute atomic E-state index is 5.78. The first kappa shape index (κ1) is 15.9. The number of methoxy groups -OCH3 is 1. The van der Waals surface area contributed by atoms with E-state index < -0.39 is 0 Å². The van der Waals surface area contributed by atoms with Crippen LogP contribution in [0.4, 0.5) is 0 Å². The van der Waals surface area contributed by atoms with Crippen molar-refractivity contribution in [2.45, 2.75) is 44.9 Å².